The number of carbonyl (C=O) groups excluding carboxylic acids is 1. The van der Waals surface area contributed by atoms with Crippen molar-refractivity contribution in [2.45, 2.75) is 13.3 Å². The van der Waals surface area contributed by atoms with Crippen LogP contribution < -0.4 is 5.32 Å². The van der Waals surface area contributed by atoms with Crippen molar-refractivity contribution in [2.75, 3.05) is 5.32 Å². The average molecular weight is 242 g/mol. The molecule has 1 N–H and O–H groups in total. The molecule has 1 heterocycles. The van der Waals surface area contributed by atoms with Crippen LogP contribution in [0.2, 0.25) is 0 Å². The normalized spacial score (nSPS) is 9.78. The lowest BCUT2D eigenvalue weighted by Gasteiger charge is -2.02. The number of nitriles is 1. The van der Waals surface area contributed by atoms with Gasteiger partial charge < -0.3 is 9.84 Å². The minimum absolute atomic E-state index is 0.106. The number of hydrogen-bond donors (Lipinski definition) is 1. The van der Waals surface area contributed by atoms with E-state index >= 15 is 0 Å². The SMILES string of the molecule is CC(=O)Nc1cccc(-c2nc(CC#N)no2)c1. The van der Waals surface area contributed by atoms with Gasteiger partial charge in [-0.3, -0.25) is 4.79 Å². The van der Waals surface area contributed by atoms with Gasteiger partial charge in [0, 0.05) is 18.2 Å². The van der Waals surface area contributed by atoms with E-state index in [1.54, 1.807) is 24.3 Å². The summed E-state index contributed by atoms with van der Waals surface area (Å²) in [5.41, 5.74) is 1.35. The molecule has 2 aromatic rings. The summed E-state index contributed by atoms with van der Waals surface area (Å²) in [6.45, 7) is 1.43. The molecule has 0 bridgehead atoms. The topological polar surface area (TPSA) is 91.8 Å². The molecule has 0 saturated carbocycles. The summed E-state index contributed by atoms with van der Waals surface area (Å²) < 4.78 is 5.04. The van der Waals surface area contributed by atoms with Crippen molar-refractivity contribution in [1.82, 2.24) is 10.1 Å². The summed E-state index contributed by atoms with van der Waals surface area (Å²) in [6.07, 6.45) is 0.106. The molecule has 1 aromatic carbocycles. The Balaban J connectivity index is 2.27. The lowest BCUT2D eigenvalue weighted by molar-refractivity contribution is -0.114. The van der Waals surface area contributed by atoms with Crippen molar-refractivity contribution in [3.63, 3.8) is 0 Å². The van der Waals surface area contributed by atoms with Crippen LogP contribution in [0.3, 0.4) is 0 Å². The Morgan fingerprint density at radius 1 is 1.56 bits per heavy atom. The fourth-order valence-corrected chi connectivity index (χ4v) is 1.45. The van der Waals surface area contributed by atoms with E-state index in [0.717, 1.165) is 0 Å². The smallest absolute Gasteiger partial charge is 0.258 e. The monoisotopic (exact) mass is 242 g/mol. The van der Waals surface area contributed by atoms with Crippen molar-refractivity contribution in [2.24, 2.45) is 0 Å². The zero-order valence-corrected chi connectivity index (χ0v) is 9.67. The molecule has 1 amide bonds. The third-order valence-corrected chi connectivity index (χ3v) is 2.14. The summed E-state index contributed by atoms with van der Waals surface area (Å²) in [5, 5.41) is 14.9. The fraction of sp³-hybridized carbons (Fsp3) is 0.167. The number of nitrogens with zero attached hydrogens (tertiary/aromatic N) is 3. The maximum absolute atomic E-state index is 11.0. The molecule has 0 aliphatic heterocycles. The molecule has 0 atom stereocenters. The largest absolute Gasteiger partial charge is 0.334 e. The standard InChI is InChI=1S/C12H10N4O2/c1-8(17)14-10-4-2-3-9(7-10)12-15-11(5-6-13)16-18-12/h2-4,7H,5H2,1H3,(H,14,17). The first-order chi connectivity index (χ1) is 8.69. The summed E-state index contributed by atoms with van der Waals surface area (Å²) >= 11 is 0. The number of rotatable bonds is 3. The Bertz CT molecular complexity index is 613. The minimum Gasteiger partial charge on any atom is -0.334 e. The highest BCUT2D eigenvalue weighted by atomic mass is 16.5. The van der Waals surface area contributed by atoms with Crippen molar-refractivity contribution in [1.29, 1.82) is 5.26 Å². The highest BCUT2D eigenvalue weighted by molar-refractivity contribution is 5.89. The van der Waals surface area contributed by atoms with Gasteiger partial charge in [-0.15, -0.1) is 0 Å². The molecular formula is C12H10N4O2. The molecule has 18 heavy (non-hydrogen) atoms. The zero-order chi connectivity index (χ0) is 13.0. The first kappa shape index (κ1) is 11.8. The second-order valence-corrected chi connectivity index (χ2v) is 3.61. The molecule has 6 heteroatoms. The number of hydrogen-bond acceptors (Lipinski definition) is 5. The summed E-state index contributed by atoms with van der Waals surface area (Å²) in [4.78, 5) is 15.0. The van der Waals surface area contributed by atoms with Crippen molar-refractivity contribution >= 4 is 11.6 Å². The Morgan fingerprint density at radius 3 is 3.11 bits per heavy atom. The molecule has 0 fully saturated rings. The quantitative estimate of drug-likeness (QED) is 0.885. The fourth-order valence-electron chi connectivity index (χ4n) is 1.45. The maximum atomic E-state index is 11.0. The molecule has 0 unspecified atom stereocenters. The highest BCUT2D eigenvalue weighted by Gasteiger charge is 2.09. The number of nitrogens with one attached hydrogen (secondary N) is 1. The van der Waals surface area contributed by atoms with Gasteiger partial charge in [-0.25, -0.2) is 0 Å². The van der Waals surface area contributed by atoms with E-state index in [1.165, 1.54) is 6.92 Å². The van der Waals surface area contributed by atoms with E-state index in [9.17, 15) is 4.79 Å². The Morgan fingerprint density at radius 2 is 2.39 bits per heavy atom. The molecule has 0 aliphatic carbocycles. The van der Waals surface area contributed by atoms with Gasteiger partial charge in [0.1, 0.15) is 0 Å². The summed E-state index contributed by atoms with van der Waals surface area (Å²) in [7, 11) is 0. The number of amides is 1. The minimum atomic E-state index is -0.150. The van der Waals surface area contributed by atoms with E-state index in [4.69, 9.17) is 9.78 Å². The summed E-state index contributed by atoms with van der Waals surface area (Å²) in [6, 6.07) is 8.99. The van der Waals surface area contributed by atoms with Crippen molar-refractivity contribution in [3.05, 3.63) is 30.1 Å². The van der Waals surface area contributed by atoms with Crippen LogP contribution in [0.5, 0.6) is 0 Å². The third-order valence-electron chi connectivity index (χ3n) is 2.14. The average Bonchev–Trinajstić information content (AvgIpc) is 2.78. The molecule has 1 aromatic heterocycles. The number of aromatic nitrogens is 2. The van der Waals surface area contributed by atoms with E-state index in [0.29, 0.717) is 23.0 Å². The molecule has 0 saturated heterocycles. The van der Waals surface area contributed by atoms with Gasteiger partial charge >= 0.3 is 0 Å². The molecule has 6 nitrogen and oxygen atoms in total. The van der Waals surface area contributed by atoms with Gasteiger partial charge in [0.05, 0.1) is 12.5 Å². The predicted octanol–water partition coefficient (Wildman–Crippen LogP) is 1.76. The highest BCUT2D eigenvalue weighted by Crippen LogP contribution is 2.21. The van der Waals surface area contributed by atoms with Crippen LogP contribution in [0, 0.1) is 11.3 Å². The van der Waals surface area contributed by atoms with Crippen LogP contribution in [0.4, 0.5) is 5.69 Å². The first-order valence-corrected chi connectivity index (χ1v) is 5.26. The maximum Gasteiger partial charge on any atom is 0.258 e. The van der Waals surface area contributed by atoms with Gasteiger partial charge in [0.2, 0.25) is 5.91 Å². The third kappa shape index (κ3) is 2.71. The molecule has 0 radical (unpaired) electrons. The Kier molecular flexibility index (Phi) is 3.34. The van der Waals surface area contributed by atoms with Crippen LogP contribution in [0.1, 0.15) is 12.7 Å². The molecule has 2 rings (SSSR count). The van der Waals surface area contributed by atoms with Crippen LogP contribution in [0.25, 0.3) is 11.5 Å². The Labute approximate surface area is 103 Å². The van der Waals surface area contributed by atoms with E-state index < -0.39 is 0 Å². The van der Waals surface area contributed by atoms with Crippen LogP contribution in [-0.4, -0.2) is 16.0 Å². The number of carbonyl (C=O) groups is 1. The van der Waals surface area contributed by atoms with Gasteiger partial charge in [0.25, 0.3) is 5.89 Å². The molecule has 90 valence electrons. The second-order valence-electron chi connectivity index (χ2n) is 3.61. The van der Waals surface area contributed by atoms with Gasteiger partial charge in [-0.1, -0.05) is 11.2 Å². The first-order valence-electron chi connectivity index (χ1n) is 5.26. The predicted molar refractivity (Wildman–Crippen MR) is 63.4 cm³/mol. The lowest BCUT2D eigenvalue weighted by Crippen LogP contribution is -2.05. The van der Waals surface area contributed by atoms with E-state index in [-0.39, 0.29) is 12.3 Å². The van der Waals surface area contributed by atoms with E-state index in [2.05, 4.69) is 15.5 Å². The van der Waals surface area contributed by atoms with Gasteiger partial charge in [-0.2, -0.15) is 10.2 Å². The zero-order valence-electron chi connectivity index (χ0n) is 9.67. The summed E-state index contributed by atoms with van der Waals surface area (Å²) in [5.74, 6) is 0.521. The van der Waals surface area contributed by atoms with Crippen molar-refractivity contribution < 1.29 is 9.32 Å². The molecule has 0 spiro atoms. The second kappa shape index (κ2) is 5.10. The molecule has 0 aliphatic rings. The lowest BCUT2D eigenvalue weighted by atomic mass is 10.2. The van der Waals surface area contributed by atoms with Gasteiger partial charge in [0.15, 0.2) is 5.82 Å². The van der Waals surface area contributed by atoms with Crippen LogP contribution in [-0.2, 0) is 11.2 Å². The van der Waals surface area contributed by atoms with Gasteiger partial charge in [-0.05, 0) is 18.2 Å². The number of anilines is 1. The van der Waals surface area contributed by atoms with Crippen molar-refractivity contribution in [3.8, 4) is 17.5 Å². The van der Waals surface area contributed by atoms with E-state index in [1.807, 2.05) is 6.07 Å². The number of benzene rings is 1. The van der Waals surface area contributed by atoms with Crippen LogP contribution in [0.15, 0.2) is 28.8 Å². The molecular weight excluding hydrogens is 232 g/mol. The Hall–Kier alpha value is -2.68. The van der Waals surface area contributed by atoms with Crippen LogP contribution >= 0.6 is 0 Å².